The fraction of sp³-hybridized carbons (Fsp3) is 0.238. The largest absolute Gasteiger partial charge is 0.358 e. The Kier molecular flexibility index (Phi) is 3.75. The van der Waals surface area contributed by atoms with E-state index in [2.05, 4.69) is 22.4 Å². The van der Waals surface area contributed by atoms with Crippen molar-refractivity contribution in [1.82, 2.24) is 9.88 Å². The smallest absolute Gasteiger partial charge is 0.254 e. The maximum atomic E-state index is 13.1. The third kappa shape index (κ3) is 2.72. The van der Waals surface area contributed by atoms with Gasteiger partial charge in [0.1, 0.15) is 0 Å². The molecule has 5 rings (SSSR count). The molecular weight excluding hydrogens is 358 g/mol. The maximum absolute atomic E-state index is 13.1. The van der Waals surface area contributed by atoms with Crippen LogP contribution in [-0.4, -0.2) is 33.5 Å². The van der Waals surface area contributed by atoms with E-state index in [4.69, 9.17) is 0 Å². The highest BCUT2D eigenvalue weighted by Gasteiger charge is 2.27. The van der Waals surface area contributed by atoms with Gasteiger partial charge in [0.05, 0.1) is 10.9 Å². The molecule has 0 spiro atoms. The van der Waals surface area contributed by atoms with Gasteiger partial charge in [0, 0.05) is 52.1 Å². The summed E-state index contributed by atoms with van der Waals surface area (Å²) >= 11 is 1.53. The van der Waals surface area contributed by atoms with Crippen LogP contribution in [0.2, 0.25) is 0 Å². The van der Waals surface area contributed by atoms with Crippen molar-refractivity contribution in [3.05, 3.63) is 59.3 Å². The first-order valence-electron chi connectivity index (χ1n) is 9.09. The van der Waals surface area contributed by atoms with Crippen LogP contribution >= 0.6 is 11.8 Å². The summed E-state index contributed by atoms with van der Waals surface area (Å²) in [6.45, 7) is 3.18. The van der Waals surface area contributed by atoms with E-state index in [9.17, 15) is 9.59 Å². The van der Waals surface area contributed by atoms with Gasteiger partial charge in [-0.2, -0.15) is 0 Å². The lowest BCUT2D eigenvalue weighted by molar-refractivity contribution is -0.115. The summed E-state index contributed by atoms with van der Waals surface area (Å²) in [5.41, 5.74) is 4.91. The molecule has 5 nitrogen and oxygen atoms in total. The van der Waals surface area contributed by atoms with Crippen LogP contribution in [0.3, 0.4) is 0 Å². The topological polar surface area (TPSA) is 65.2 Å². The zero-order valence-corrected chi connectivity index (χ0v) is 15.7. The number of thioether (sulfide) groups is 1. The van der Waals surface area contributed by atoms with Crippen molar-refractivity contribution in [2.24, 2.45) is 0 Å². The SMILES string of the molecule is CC1Sc2ccc(C(=O)N3CCc4[nH]c5ccccc5c4C3)cc2NC1=O. The molecule has 1 atom stereocenters. The van der Waals surface area contributed by atoms with Gasteiger partial charge in [-0.25, -0.2) is 0 Å². The summed E-state index contributed by atoms with van der Waals surface area (Å²) in [5.74, 6) is -0.00916. The molecule has 1 aromatic heterocycles. The fourth-order valence-electron chi connectivity index (χ4n) is 3.86. The molecule has 2 amide bonds. The van der Waals surface area contributed by atoms with Gasteiger partial charge in [-0.3, -0.25) is 9.59 Å². The van der Waals surface area contributed by atoms with E-state index in [-0.39, 0.29) is 17.1 Å². The minimum absolute atomic E-state index is 0.00611. The number of fused-ring (bicyclic) bond motifs is 4. The van der Waals surface area contributed by atoms with E-state index >= 15 is 0 Å². The highest BCUT2D eigenvalue weighted by atomic mass is 32.2. The molecule has 2 aromatic carbocycles. The monoisotopic (exact) mass is 377 g/mol. The van der Waals surface area contributed by atoms with Gasteiger partial charge >= 0.3 is 0 Å². The van der Waals surface area contributed by atoms with Gasteiger partial charge in [-0.1, -0.05) is 18.2 Å². The molecule has 0 saturated heterocycles. The highest BCUT2D eigenvalue weighted by Crippen LogP contribution is 2.36. The van der Waals surface area contributed by atoms with Crippen LogP contribution in [0.4, 0.5) is 5.69 Å². The number of aromatic amines is 1. The predicted octanol–water partition coefficient (Wildman–Crippen LogP) is 3.80. The molecule has 2 N–H and O–H groups in total. The number of hydrogen-bond acceptors (Lipinski definition) is 3. The Morgan fingerprint density at radius 2 is 2.07 bits per heavy atom. The average molecular weight is 377 g/mol. The molecule has 6 heteroatoms. The van der Waals surface area contributed by atoms with Gasteiger partial charge in [-0.15, -0.1) is 11.8 Å². The van der Waals surface area contributed by atoms with Crippen LogP contribution < -0.4 is 5.32 Å². The zero-order chi connectivity index (χ0) is 18.5. The second kappa shape index (κ2) is 6.16. The van der Waals surface area contributed by atoms with E-state index in [1.54, 1.807) is 6.07 Å². The van der Waals surface area contributed by atoms with Gasteiger partial charge in [0.15, 0.2) is 0 Å². The van der Waals surface area contributed by atoms with Crippen LogP contribution in [0.5, 0.6) is 0 Å². The molecule has 2 aliphatic heterocycles. The molecule has 2 aliphatic rings. The van der Waals surface area contributed by atoms with Gasteiger partial charge in [-0.05, 0) is 31.2 Å². The lowest BCUT2D eigenvalue weighted by atomic mass is 10.0. The summed E-state index contributed by atoms with van der Waals surface area (Å²) < 4.78 is 0. The quantitative estimate of drug-likeness (QED) is 0.678. The number of nitrogens with one attached hydrogen (secondary N) is 2. The molecular formula is C21H19N3O2S. The molecule has 0 bridgehead atoms. The van der Waals surface area contributed by atoms with Crippen molar-refractivity contribution in [3.63, 3.8) is 0 Å². The molecule has 1 unspecified atom stereocenters. The van der Waals surface area contributed by atoms with E-state index in [1.807, 2.05) is 36.1 Å². The molecule has 3 heterocycles. The standard InChI is InChI=1S/C21H19N3O2S/c1-12-20(25)23-18-10-13(6-7-19(18)27-12)21(26)24-9-8-17-15(11-24)14-4-2-3-5-16(14)22-17/h2-7,10,12,22H,8-9,11H2,1H3,(H,23,25). The average Bonchev–Trinajstić information content (AvgIpc) is 3.06. The number of carbonyl (C=O) groups excluding carboxylic acids is 2. The Labute approximate surface area is 161 Å². The molecule has 136 valence electrons. The molecule has 0 saturated carbocycles. The second-order valence-corrected chi connectivity index (χ2v) is 8.45. The minimum Gasteiger partial charge on any atom is -0.358 e. The third-order valence-corrected chi connectivity index (χ3v) is 6.50. The number of hydrogen-bond donors (Lipinski definition) is 2. The number of amides is 2. The Morgan fingerprint density at radius 3 is 2.96 bits per heavy atom. The number of para-hydroxylation sites is 1. The van der Waals surface area contributed by atoms with Gasteiger partial charge < -0.3 is 15.2 Å². The maximum Gasteiger partial charge on any atom is 0.254 e. The second-order valence-electron chi connectivity index (χ2n) is 7.06. The van der Waals surface area contributed by atoms with E-state index in [1.165, 1.54) is 28.4 Å². The normalized spacial score (nSPS) is 18.8. The fourth-order valence-corrected chi connectivity index (χ4v) is 4.79. The summed E-state index contributed by atoms with van der Waals surface area (Å²) in [6.07, 6.45) is 0.824. The Morgan fingerprint density at radius 1 is 1.22 bits per heavy atom. The van der Waals surface area contributed by atoms with E-state index in [0.717, 1.165) is 22.5 Å². The molecule has 3 aromatic rings. The van der Waals surface area contributed by atoms with Crippen molar-refractivity contribution in [1.29, 1.82) is 0 Å². The zero-order valence-electron chi connectivity index (χ0n) is 14.9. The van der Waals surface area contributed by atoms with Crippen LogP contribution in [0.1, 0.15) is 28.5 Å². The summed E-state index contributed by atoms with van der Waals surface area (Å²) in [6, 6.07) is 13.8. The van der Waals surface area contributed by atoms with E-state index < -0.39 is 0 Å². The van der Waals surface area contributed by atoms with Crippen molar-refractivity contribution in [2.45, 2.75) is 30.0 Å². The van der Waals surface area contributed by atoms with Crippen LogP contribution in [0.25, 0.3) is 10.9 Å². The Bertz CT molecular complexity index is 1090. The van der Waals surface area contributed by atoms with Crippen molar-refractivity contribution in [3.8, 4) is 0 Å². The first kappa shape index (κ1) is 16.4. The summed E-state index contributed by atoms with van der Waals surface area (Å²) in [5, 5.41) is 3.99. The van der Waals surface area contributed by atoms with Crippen LogP contribution in [0, 0.1) is 0 Å². The molecule has 0 radical (unpaired) electrons. The number of carbonyl (C=O) groups is 2. The van der Waals surface area contributed by atoms with Crippen molar-refractivity contribution >= 4 is 40.2 Å². The predicted molar refractivity (Wildman–Crippen MR) is 107 cm³/mol. The molecule has 27 heavy (non-hydrogen) atoms. The number of nitrogens with zero attached hydrogens (tertiary/aromatic N) is 1. The summed E-state index contributed by atoms with van der Waals surface area (Å²) in [7, 11) is 0. The number of aromatic nitrogens is 1. The molecule has 0 fully saturated rings. The van der Waals surface area contributed by atoms with Crippen LogP contribution in [0.15, 0.2) is 47.4 Å². The van der Waals surface area contributed by atoms with Crippen molar-refractivity contribution in [2.75, 3.05) is 11.9 Å². The van der Waals surface area contributed by atoms with Gasteiger partial charge in [0.2, 0.25) is 5.91 Å². The lowest BCUT2D eigenvalue weighted by Crippen LogP contribution is -2.36. The molecule has 0 aliphatic carbocycles. The van der Waals surface area contributed by atoms with Gasteiger partial charge in [0.25, 0.3) is 5.91 Å². The minimum atomic E-state index is -0.110. The number of H-pyrrole nitrogens is 1. The first-order chi connectivity index (χ1) is 13.1. The Balaban J connectivity index is 1.44. The summed E-state index contributed by atoms with van der Waals surface area (Å²) in [4.78, 5) is 31.4. The highest BCUT2D eigenvalue weighted by molar-refractivity contribution is 8.00. The lowest BCUT2D eigenvalue weighted by Gasteiger charge is -2.28. The van der Waals surface area contributed by atoms with E-state index in [0.29, 0.717) is 18.7 Å². The first-order valence-corrected chi connectivity index (χ1v) is 9.97. The van der Waals surface area contributed by atoms with Crippen LogP contribution in [-0.2, 0) is 17.8 Å². The number of benzene rings is 2. The van der Waals surface area contributed by atoms with Crippen molar-refractivity contribution < 1.29 is 9.59 Å². The Hall–Kier alpha value is -2.73. The number of rotatable bonds is 1. The third-order valence-electron chi connectivity index (χ3n) is 5.33. The number of anilines is 1.